The topological polar surface area (TPSA) is 74.6 Å². The fourth-order valence-electron chi connectivity index (χ4n) is 2.82. The molecule has 1 aliphatic heterocycles. The van der Waals surface area contributed by atoms with E-state index in [4.69, 9.17) is 16.0 Å². The lowest BCUT2D eigenvalue weighted by Gasteiger charge is -2.36. The summed E-state index contributed by atoms with van der Waals surface area (Å²) in [4.78, 5) is 25.7. The maximum absolute atomic E-state index is 13.0. The van der Waals surface area contributed by atoms with Gasteiger partial charge in [0.15, 0.2) is 10.8 Å². The predicted octanol–water partition coefficient (Wildman–Crippen LogP) is 4.61. The zero-order chi connectivity index (χ0) is 19.0. The lowest BCUT2D eigenvalue weighted by molar-refractivity contribution is 0.0466. The van der Waals surface area contributed by atoms with Crippen molar-refractivity contribution >= 4 is 45.0 Å². The maximum atomic E-state index is 13.0. The van der Waals surface area contributed by atoms with Crippen LogP contribution < -0.4 is 10.7 Å². The Balaban J connectivity index is 1.69. The van der Waals surface area contributed by atoms with Crippen molar-refractivity contribution in [2.24, 2.45) is 0 Å². The Labute approximate surface area is 168 Å². The van der Waals surface area contributed by atoms with Gasteiger partial charge in [-0.05, 0) is 64.5 Å². The average molecular weight is 447 g/mol. The number of nitrogens with one attached hydrogen (secondary N) is 2. The van der Waals surface area contributed by atoms with E-state index >= 15 is 0 Å². The van der Waals surface area contributed by atoms with E-state index < -0.39 is 12.1 Å². The number of rotatable bonds is 3. The zero-order valence-corrected chi connectivity index (χ0v) is 16.1. The van der Waals surface area contributed by atoms with Gasteiger partial charge in [0.25, 0.3) is 11.8 Å². The van der Waals surface area contributed by atoms with Crippen molar-refractivity contribution in [3.8, 4) is 0 Å². The molecule has 2 amide bonds. The Morgan fingerprint density at radius 1 is 1.11 bits per heavy atom. The normalized spacial score (nSPS) is 15.9. The van der Waals surface area contributed by atoms with Crippen molar-refractivity contribution in [3.05, 3.63) is 87.2 Å². The molecule has 136 valence electrons. The van der Waals surface area contributed by atoms with Gasteiger partial charge in [-0.25, -0.2) is 5.01 Å². The van der Waals surface area contributed by atoms with E-state index in [1.54, 1.807) is 54.6 Å². The molecule has 2 aromatic carbocycles. The number of furan rings is 1. The van der Waals surface area contributed by atoms with Gasteiger partial charge < -0.3 is 9.73 Å². The molecule has 3 aromatic rings. The van der Waals surface area contributed by atoms with Gasteiger partial charge in [0.1, 0.15) is 5.76 Å². The summed E-state index contributed by atoms with van der Waals surface area (Å²) in [5.41, 5.74) is 4.17. The molecule has 1 unspecified atom stereocenters. The van der Waals surface area contributed by atoms with Gasteiger partial charge in [0.2, 0.25) is 0 Å². The van der Waals surface area contributed by atoms with E-state index in [2.05, 4.69) is 26.7 Å². The highest BCUT2D eigenvalue weighted by atomic mass is 79.9. The molecule has 6 nitrogen and oxygen atoms in total. The largest absolute Gasteiger partial charge is 0.450 e. The van der Waals surface area contributed by atoms with Crippen LogP contribution in [0.15, 0.2) is 69.8 Å². The summed E-state index contributed by atoms with van der Waals surface area (Å²) in [5, 5.41) is 4.98. The molecular formula is C19H13BrClN3O3. The molecule has 0 saturated heterocycles. The summed E-state index contributed by atoms with van der Waals surface area (Å²) in [6, 6.07) is 16.9. The number of hydrogen-bond acceptors (Lipinski definition) is 4. The Morgan fingerprint density at radius 3 is 2.56 bits per heavy atom. The van der Waals surface area contributed by atoms with E-state index in [0.717, 1.165) is 0 Å². The van der Waals surface area contributed by atoms with E-state index in [1.807, 2.05) is 6.07 Å². The number of nitrogens with zero attached hydrogens (tertiary/aromatic N) is 1. The summed E-state index contributed by atoms with van der Waals surface area (Å²) < 4.78 is 6.13. The molecule has 0 fully saturated rings. The van der Waals surface area contributed by atoms with Crippen LogP contribution >= 0.6 is 27.5 Å². The molecule has 2 heterocycles. The second-order valence-electron chi connectivity index (χ2n) is 5.86. The lowest BCUT2D eigenvalue weighted by Crippen LogP contribution is -2.52. The number of para-hydroxylation sites is 1. The maximum Gasteiger partial charge on any atom is 0.276 e. The smallest absolute Gasteiger partial charge is 0.276 e. The third-order valence-corrected chi connectivity index (χ3v) is 4.80. The van der Waals surface area contributed by atoms with Gasteiger partial charge in [0.05, 0.1) is 5.56 Å². The van der Waals surface area contributed by atoms with E-state index in [9.17, 15) is 9.59 Å². The second kappa shape index (κ2) is 7.09. The van der Waals surface area contributed by atoms with Crippen LogP contribution in [0.25, 0.3) is 0 Å². The minimum Gasteiger partial charge on any atom is -0.450 e. The van der Waals surface area contributed by atoms with Crippen LogP contribution in [-0.4, -0.2) is 16.8 Å². The molecule has 1 atom stereocenters. The third-order valence-electron chi connectivity index (χ3n) is 4.12. The lowest BCUT2D eigenvalue weighted by atomic mass is 10.1. The summed E-state index contributed by atoms with van der Waals surface area (Å²) in [7, 11) is 0. The second-order valence-corrected chi connectivity index (χ2v) is 7.08. The zero-order valence-electron chi connectivity index (χ0n) is 13.8. The molecule has 0 radical (unpaired) electrons. The van der Waals surface area contributed by atoms with E-state index in [-0.39, 0.29) is 5.91 Å². The molecule has 0 spiro atoms. The van der Waals surface area contributed by atoms with Crippen LogP contribution in [0.1, 0.15) is 32.6 Å². The van der Waals surface area contributed by atoms with Crippen molar-refractivity contribution in [2.75, 3.05) is 5.32 Å². The number of hydrazine groups is 1. The SMILES string of the molecule is O=C(NN1C(=O)c2ccccc2NC1c1ccc(Br)o1)c1ccc(Cl)cc1. The molecule has 1 aliphatic rings. The highest BCUT2D eigenvalue weighted by molar-refractivity contribution is 9.10. The molecule has 4 rings (SSSR count). The minimum atomic E-state index is -0.699. The first-order valence-electron chi connectivity index (χ1n) is 8.04. The average Bonchev–Trinajstić information content (AvgIpc) is 3.10. The molecule has 27 heavy (non-hydrogen) atoms. The monoisotopic (exact) mass is 445 g/mol. The van der Waals surface area contributed by atoms with Gasteiger partial charge in [0, 0.05) is 16.3 Å². The first kappa shape index (κ1) is 17.6. The highest BCUT2D eigenvalue weighted by Gasteiger charge is 2.36. The van der Waals surface area contributed by atoms with Gasteiger partial charge >= 0.3 is 0 Å². The summed E-state index contributed by atoms with van der Waals surface area (Å²) in [6.07, 6.45) is -0.699. The van der Waals surface area contributed by atoms with E-state index in [0.29, 0.717) is 32.3 Å². The number of hydrogen-bond donors (Lipinski definition) is 2. The number of halogens is 2. The molecule has 0 bridgehead atoms. The summed E-state index contributed by atoms with van der Waals surface area (Å²) >= 11 is 9.13. The third kappa shape index (κ3) is 3.43. The fraction of sp³-hybridized carbons (Fsp3) is 0.0526. The van der Waals surface area contributed by atoms with Crippen LogP contribution in [0.4, 0.5) is 5.69 Å². The van der Waals surface area contributed by atoms with Crippen molar-refractivity contribution < 1.29 is 14.0 Å². The number of carbonyl (C=O) groups excluding carboxylic acids is 2. The highest BCUT2D eigenvalue weighted by Crippen LogP contribution is 2.33. The molecule has 0 aliphatic carbocycles. The van der Waals surface area contributed by atoms with Crippen LogP contribution in [0.2, 0.25) is 5.02 Å². The van der Waals surface area contributed by atoms with Crippen molar-refractivity contribution in [2.45, 2.75) is 6.17 Å². The molecular weight excluding hydrogens is 434 g/mol. The number of anilines is 1. The molecule has 2 N–H and O–H groups in total. The Morgan fingerprint density at radius 2 is 1.85 bits per heavy atom. The standard InChI is InChI=1S/C19H13BrClN3O3/c20-16-10-9-15(27-16)17-22-14-4-2-1-3-13(14)19(26)24(17)23-18(25)11-5-7-12(21)8-6-11/h1-10,17,22H,(H,23,25). The fourth-order valence-corrected chi connectivity index (χ4v) is 3.26. The summed E-state index contributed by atoms with van der Waals surface area (Å²) in [6.45, 7) is 0. The van der Waals surface area contributed by atoms with Crippen LogP contribution in [0.3, 0.4) is 0 Å². The van der Waals surface area contributed by atoms with Crippen LogP contribution in [0, 0.1) is 0 Å². The summed E-state index contributed by atoms with van der Waals surface area (Å²) in [5.74, 6) is -0.304. The Hall–Kier alpha value is -2.77. The van der Waals surface area contributed by atoms with Gasteiger partial charge in [-0.2, -0.15) is 0 Å². The number of amides is 2. The number of fused-ring (bicyclic) bond motifs is 1. The first-order valence-corrected chi connectivity index (χ1v) is 9.21. The van der Waals surface area contributed by atoms with Crippen LogP contribution in [-0.2, 0) is 0 Å². The van der Waals surface area contributed by atoms with Crippen molar-refractivity contribution in [1.82, 2.24) is 10.4 Å². The Bertz CT molecular complexity index is 1020. The predicted molar refractivity (Wildman–Crippen MR) is 104 cm³/mol. The Kier molecular flexibility index (Phi) is 4.63. The van der Waals surface area contributed by atoms with Gasteiger partial charge in [-0.3, -0.25) is 15.0 Å². The number of benzene rings is 2. The number of carbonyl (C=O) groups is 2. The van der Waals surface area contributed by atoms with Crippen LogP contribution in [0.5, 0.6) is 0 Å². The van der Waals surface area contributed by atoms with Gasteiger partial charge in [-0.1, -0.05) is 23.7 Å². The van der Waals surface area contributed by atoms with Gasteiger partial charge in [-0.15, -0.1) is 0 Å². The van der Waals surface area contributed by atoms with Crippen molar-refractivity contribution in [3.63, 3.8) is 0 Å². The quantitative estimate of drug-likeness (QED) is 0.616. The minimum absolute atomic E-state index is 0.343. The molecule has 1 aromatic heterocycles. The van der Waals surface area contributed by atoms with Crippen molar-refractivity contribution in [1.29, 1.82) is 0 Å². The van der Waals surface area contributed by atoms with E-state index in [1.165, 1.54) is 5.01 Å². The molecule has 0 saturated carbocycles. The molecule has 8 heteroatoms. The first-order chi connectivity index (χ1) is 13.0.